The van der Waals surface area contributed by atoms with E-state index in [9.17, 15) is 0 Å². The van der Waals surface area contributed by atoms with Gasteiger partial charge in [0.1, 0.15) is 0 Å². The molecule has 2 rings (SSSR count). The van der Waals surface area contributed by atoms with Gasteiger partial charge < -0.3 is 0 Å². The lowest BCUT2D eigenvalue weighted by atomic mass is 10.0. The first-order valence-electron chi connectivity index (χ1n) is 4.99. The lowest BCUT2D eigenvalue weighted by molar-refractivity contribution is 1.43. The van der Waals surface area contributed by atoms with Gasteiger partial charge in [-0.25, -0.2) is 0 Å². The molecular formula is C13H4Br5N. The third-order valence-corrected chi connectivity index (χ3v) is 8.61. The standard InChI is InChI=1S/C13H4Br5N/c14-9-8(7-3-1-6(5-19)2-4-7)10(15)12(17)13(18)11(9)16/h1-4H. The van der Waals surface area contributed by atoms with Crippen LogP contribution in [0, 0.1) is 11.3 Å². The highest BCUT2D eigenvalue weighted by Gasteiger charge is 2.18. The van der Waals surface area contributed by atoms with Crippen molar-refractivity contribution in [2.24, 2.45) is 0 Å². The summed E-state index contributed by atoms with van der Waals surface area (Å²) < 4.78 is 4.69. The maximum absolute atomic E-state index is 8.84. The van der Waals surface area contributed by atoms with Gasteiger partial charge >= 0.3 is 0 Å². The van der Waals surface area contributed by atoms with Crippen molar-refractivity contribution >= 4 is 79.6 Å². The maximum Gasteiger partial charge on any atom is 0.0991 e. The molecule has 0 fully saturated rings. The van der Waals surface area contributed by atoms with E-state index < -0.39 is 0 Å². The van der Waals surface area contributed by atoms with Crippen molar-refractivity contribution in [1.82, 2.24) is 0 Å². The van der Waals surface area contributed by atoms with Crippen molar-refractivity contribution in [3.63, 3.8) is 0 Å². The number of hydrogen-bond donors (Lipinski definition) is 0. The molecule has 19 heavy (non-hydrogen) atoms. The van der Waals surface area contributed by atoms with Gasteiger partial charge in [-0.05, 0) is 97.3 Å². The molecule has 0 aliphatic rings. The molecule has 0 N–H and O–H groups in total. The molecule has 1 nitrogen and oxygen atoms in total. The Morgan fingerprint density at radius 2 is 1.11 bits per heavy atom. The summed E-state index contributed by atoms with van der Waals surface area (Å²) in [4.78, 5) is 0. The Balaban J connectivity index is 2.72. The summed E-state index contributed by atoms with van der Waals surface area (Å²) >= 11 is 17.8. The summed E-state index contributed by atoms with van der Waals surface area (Å²) in [6.07, 6.45) is 0. The van der Waals surface area contributed by atoms with Crippen molar-refractivity contribution in [2.75, 3.05) is 0 Å². The molecule has 0 amide bonds. The van der Waals surface area contributed by atoms with E-state index in [1.165, 1.54) is 0 Å². The Labute approximate surface area is 153 Å². The second-order valence-corrected chi connectivity index (χ2v) is 7.60. The zero-order chi connectivity index (χ0) is 14.2. The van der Waals surface area contributed by atoms with Crippen LogP contribution in [0.15, 0.2) is 46.6 Å². The molecule has 0 bridgehead atoms. The van der Waals surface area contributed by atoms with Crippen LogP contribution < -0.4 is 0 Å². The number of nitrogens with zero attached hydrogens (tertiary/aromatic N) is 1. The van der Waals surface area contributed by atoms with Crippen LogP contribution in [0.3, 0.4) is 0 Å². The first kappa shape index (κ1) is 15.7. The Kier molecular flexibility index (Phi) is 5.29. The predicted molar refractivity (Wildman–Crippen MR) is 95.1 cm³/mol. The van der Waals surface area contributed by atoms with Gasteiger partial charge in [-0.3, -0.25) is 0 Å². The molecule has 0 aliphatic heterocycles. The quantitative estimate of drug-likeness (QED) is 0.265. The highest BCUT2D eigenvalue weighted by molar-refractivity contribution is 9.15. The van der Waals surface area contributed by atoms with Crippen LogP contribution in [0.5, 0.6) is 0 Å². The number of halogens is 5. The molecule has 0 unspecified atom stereocenters. The molecule has 2 aromatic carbocycles. The molecular weight excluding hydrogens is 570 g/mol. The first-order chi connectivity index (χ1) is 8.97. The lowest BCUT2D eigenvalue weighted by Gasteiger charge is -2.13. The smallest absolute Gasteiger partial charge is 0.0991 e. The van der Waals surface area contributed by atoms with Crippen molar-refractivity contribution in [2.45, 2.75) is 0 Å². The van der Waals surface area contributed by atoms with Gasteiger partial charge in [-0.2, -0.15) is 5.26 Å². The molecule has 0 atom stereocenters. The fraction of sp³-hybridized carbons (Fsp3) is 0. The third-order valence-electron chi connectivity index (χ3n) is 2.51. The molecule has 6 heteroatoms. The predicted octanol–water partition coefficient (Wildman–Crippen LogP) is 7.04. The topological polar surface area (TPSA) is 23.8 Å². The minimum atomic E-state index is 0.645. The largest absolute Gasteiger partial charge is 0.192 e. The Bertz CT molecular complexity index is 657. The average Bonchev–Trinajstić information content (AvgIpc) is 2.44. The van der Waals surface area contributed by atoms with Crippen LogP contribution in [0.2, 0.25) is 0 Å². The normalized spacial score (nSPS) is 10.3. The van der Waals surface area contributed by atoms with Gasteiger partial charge in [0.2, 0.25) is 0 Å². The van der Waals surface area contributed by atoms with Gasteiger partial charge in [-0.15, -0.1) is 0 Å². The summed E-state index contributed by atoms with van der Waals surface area (Å²) in [6, 6.07) is 9.58. The van der Waals surface area contributed by atoms with Gasteiger partial charge in [0.05, 0.1) is 11.6 Å². The number of benzene rings is 2. The Morgan fingerprint density at radius 1 is 0.684 bits per heavy atom. The number of rotatable bonds is 1. The highest BCUT2D eigenvalue weighted by Crippen LogP contribution is 2.48. The monoisotopic (exact) mass is 569 g/mol. The van der Waals surface area contributed by atoms with E-state index in [2.05, 4.69) is 85.7 Å². The highest BCUT2D eigenvalue weighted by atomic mass is 79.9. The molecule has 0 aliphatic carbocycles. The van der Waals surface area contributed by atoms with E-state index in [0.29, 0.717) is 5.56 Å². The van der Waals surface area contributed by atoms with E-state index in [-0.39, 0.29) is 0 Å². The van der Waals surface area contributed by atoms with Crippen molar-refractivity contribution < 1.29 is 0 Å². The van der Waals surface area contributed by atoms with Crippen LogP contribution in [0.25, 0.3) is 11.1 Å². The zero-order valence-corrected chi connectivity index (χ0v) is 17.1. The van der Waals surface area contributed by atoms with Crippen molar-refractivity contribution in [1.29, 1.82) is 5.26 Å². The Morgan fingerprint density at radius 3 is 1.53 bits per heavy atom. The minimum absolute atomic E-state index is 0.645. The fourth-order valence-electron chi connectivity index (χ4n) is 1.57. The molecule has 96 valence electrons. The van der Waals surface area contributed by atoms with Crippen LogP contribution in [0.1, 0.15) is 5.56 Å². The summed E-state index contributed by atoms with van der Waals surface area (Å²) in [5.74, 6) is 0. The minimum Gasteiger partial charge on any atom is -0.192 e. The fourth-order valence-corrected chi connectivity index (χ4v) is 5.07. The number of nitriles is 1. The van der Waals surface area contributed by atoms with E-state index in [1.807, 2.05) is 12.1 Å². The lowest BCUT2D eigenvalue weighted by Crippen LogP contribution is -1.88. The molecule has 0 saturated heterocycles. The van der Waals surface area contributed by atoms with Crippen LogP contribution in [-0.2, 0) is 0 Å². The van der Waals surface area contributed by atoms with Crippen LogP contribution >= 0.6 is 79.6 Å². The molecule has 0 saturated carbocycles. The molecule has 0 radical (unpaired) electrons. The summed E-state index contributed by atoms with van der Waals surface area (Å²) in [5.41, 5.74) is 2.68. The van der Waals surface area contributed by atoms with Gasteiger partial charge in [0.25, 0.3) is 0 Å². The summed E-state index contributed by atoms with van der Waals surface area (Å²) in [6.45, 7) is 0. The van der Waals surface area contributed by atoms with E-state index in [0.717, 1.165) is 33.5 Å². The second-order valence-electron chi connectivity index (χ2n) is 3.63. The van der Waals surface area contributed by atoms with Gasteiger partial charge in [0.15, 0.2) is 0 Å². The molecule has 0 heterocycles. The maximum atomic E-state index is 8.84. The number of hydrogen-bond acceptors (Lipinski definition) is 1. The van der Waals surface area contributed by atoms with E-state index in [1.54, 1.807) is 12.1 Å². The molecule has 0 spiro atoms. The zero-order valence-electron chi connectivity index (χ0n) is 9.15. The molecule has 2 aromatic rings. The van der Waals surface area contributed by atoms with E-state index >= 15 is 0 Å². The van der Waals surface area contributed by atoms with Gasteiger partial charge in [-0.1, -0.05) is 12.1 Å². The summed E-state index contributed by atoms with van der Waals surface area (Å²) in [5, 5.41) is 8.84. The first-order valence-corrected chi connectivity index (χ1v) is 8.95. The van der Waals surface area contributed by atoms with Gasteiger partial charge in [0, 0.05) is 27.9 Å². The second kappa shape index (κ2) is 6.40. The Hall–Kier alpha value is 0.330. The van der Waals surface area contributed by atoms with Crippen molar-refractivity contribution in [3.8, 4) is 17.2 Å². The SMILES string of the molecule is N#Cc1ccc(-c2c(Br)c(Br)c(Br)c(Br)c2Br)cc1. The third kappa shape index (κ3) is 3.01. The summed E-state index contributed by atoms with van der Waals surface area (Å²) in [7, 11) is 0. The van der Waals surface area contributed by atoms with E-state index in [4.69, 9.17) is 5.26 Å². The average molecular weight is 574 g/mol. The van der Waals surface area contributed by atoms with Crippen LogP contribution in [-0.4, -0.2) is 0 Å². The van der Waals surface area contributed by atoms with Crippen molar-refractivity contribution in [3.05, 3.63) is 52.2 Å². The molecule has 0 aromatic heterocycles. The van der Waals surface area contributed by atoms with Crippen LogP contribution in [0.4, 0.5) is 0 Å².